The first-order chi connectivity index (χ1) is 8.49. The van der Waals surface area contributed by atoms with Crippen molar-refractivity contribution in [1.29, 1.82) is 0 Å². The molecule has 2 aromatic rings. The molecule has 7 nitrogen and oxygen atoms in total. The first kappa shape index (κ1) is 12.7. The van der Waals surface area contributed by atoms with Gasteiger partial charge in [0.25, 0.3) is 0 Å². The Morgan fingerprint density at radius 2 is 2.33 bits per heavy atom. The third-order valence-corrected chi connectivity index (χ3v) is 4.01. The molecule has 2 rings (SSSR count). The molecule has 0 fully saturated rings. The van der Waals surface area contributed by atoms with Crippen LogP contribution in [0.25, 0.3) is 5.65 Å². The maximum atomic E-state index is 11.4. The van der Waals surface area contributed by atoms with Crippen molar-refractivity contribution in [2.45, 2.75) is 19.1 Å². The molecule has 0 bridgehead atoms. The highest BCUT2D eigenvalue weighted by Crippen LogP contribution is 2.08. The van der Waals surface area contributed by atoms with Gasteiger partial charge in [-0.1, -0.05) is 0 Å². The molecule has 2 atom stereocenters. The Kier molecular flexibility index (Phi) is 3.46. The van der Waals surface area contributed by atoms with Gasteiger partial charge in [-0.2, -0.15) is 5.10 Å². The van der Waals surface area contributed by atoms with E-state index in [9.17, 15) is 9.00 Å². The van der Waals surface area contributed by atoms with Gasteiger partial charge < -0.3 is 5.32 Å². The van der Waals surface area contributed by atoms with E-state index in [4.69, 9.17) is 0 Å². The second-order valence-electron chi connectivity index (χ2n) is 4.10. The van der Waals surface area contributed by atoms with Gasteiger partial charge in [0.05, 0.1) is 0 Å². The van der Waals surface area contributed by atoms with Crippen molar-refractivity contribution in [2.24, 2.45) is 0 Å². The van der Waals surface area contributed by atoms with Gasteiger partial charge in [-0.25, -0.2) is 19.3 Å². The number of aryl methyl sites for hydroxylation is 1. The Balaban J connectivity index is 2.25. The van der Waals surface area contributed by atoms with Crippen LogP contribution < -0.4 is 11.0 Å². The number of hydrogen-bond acceptors (Lipinski definition) is 5. The van der Waals surface area contributed by atoms with E-state index in [1.54, 1.807) is 19.2 Å². The summed E-state index contributed by atoms with van der Waals surface area (Å²) in [7, 11) is -0.880. The standard InChI is InChI=1S/C10H15N5O2S/c1-6(18(3)17)5-11-8-4-9-13-14-10(16)15(9)7(2)12-8/h4,6,11H,5H2,1-3H3,(H,14,16). The maximum Gasteiger partial charge on any atom is 0.349 e. The highest BCUT2D eigenvalue weighted by molar-refractivity contribution is 7.84. The quantitative estimate of drug-likeness (QED) is 0.809. The van der Waals surface area contributed by atoms with Crippen LogP contribution in [0.4, 0.5) is 5.82 Å². The zero-order chi connectivity index (χ0) is 13.3. The molecule has 2 heterocycles. The number of aromatic nitrogens is 4. The van der Waals surface area contributed by atoms with Crippen LogP contribution in [0.3, 0.4) is 0 Å². The number of aromatic amines is 1. The lowest BCUT2D eigenvalue weighted by Crippen LogP contribution is -2.22. The number of anilines is 1. The molecule has 2 unspecified atom stereocenters. The van der Waals surface area contributed by atoms with Crippen molar-refractivity contribution in [1.82, 2.24) is 19.6 Å². The van der Waals surface area contributed by atoms with E-state index in [0.29, 0.717) is 23.8 Å². The van der Waals surface area contributed by atoms with Crippen LogP contribution in [0.1, 0.15) is 12.7 Å². The van der Waals surface area contributed by atoms with Crippen LogP contribution >= 0.6 is 0 Å². The number of fused-ring (bicyclic) bond motifs is 1. The van der Waals surface area contributed by atoms with E-state index < -0.39 is 10.8 Å². The minimum atomic E-state index is -0.880. The molecule has 0 saturated heterocycles. The zero-order valence-electron chi connectivity index (χ0n) is 10.4. The van der Waals surface area contributed by atoms with Crippen molar-refractivity contribution in [2.75, 3.05) is 18.1 Å². The molecular formula is C10H15N5O2S. The van der Waals surface area contributed by atoms with Crippen LogP contribution in [0.15, 0.2) is 10.9 Å². The van der Waals surface area contributed by atoms with E-state index in [1.807, 2.05) is 6.92 Å². The minimum Gasteiger partial charge on any atom is -0.369 e. The summed E-state index contributed by atoms with van der Waals surface area (Å²) >= 11 is 0. The van der Waals surface area contributed by atoms with E-state index in [-0.39, 0.29) is 10.9 Å². The topological polar surface area (TPSA) is 92.2 Å². The van der Waals surface area contributed by atoms with Crippen molar-refractivity contribution >= 4 is 22.3 Å². The number of rotatable bonds is 4. The van der Waals surface area contributed by atoms with Crippen molar-refractivity contribution < 1.29 is 4.21 Å². The molecule has 2 aromatic heterocycles. The number of hydrogen-bond donors (Lipinski definition) is 2. The highest BCUT2D eigenvalue weighted by atomic mass is 32.2. The van der Waals surface area contributed by atoms with Crippen LogP contribution in [0, 0.1) is 6.92 Å². The van der Waals surface area contributed by atoms with E-state index in [0.717, 1.165) is 0 Å². The molecule has 18 heavy (non-hydrogen) atoms. The van der Waals surface area contributed by atoms with Gasteiger partial charge in [0.15, 0.2) is 5.65 Å². The van der Waals surface area contributed by atoms with E-state index >= 15 is 0 Å². The fourth-order valence-electron chi connectivity index (χ4n) is 1.55. The molecular weight excluding hydrogens is 254 g/mol. The minimum absolute atomic E-state index is 0.0321. The van der Waals surface area contributed by atoms with Gasteiger partial charge in [-0.15, -0.1) is 0 Å². The molecule has 2 N–H and O–H groups in total. The second kappa shape index (κ2) is 4.89. The third-order valence-electron chi connectivity index (χ3n) is 2.71. The molecule has 0 aliphatic rings. The summed E-state index contributed by atoms with van der Waals surface area (Å²) in [6.45, 7) is 4.18. The summed E-state index contributed by atoms with van der Waals surface area (Å²) in [5.41, 5.74) is 0.213. The van der Waals surface area contributed by atoms with Gasteiger partial charge >= 0.3 is 5.69 Å². The number of nitrogens with zero attached hydrogens (tertiary/aromatic N) is 3. The van der Waals surface area contributed by atoms with Crippen molar-refractivity contribution in [3.05, 3.63) is 22.4 Å². The van der Waals surface area contributed by atoms with E-state index in [1.165, 1.54) is 4.40 Å². The molecule has 0 amide bonds. The predicted molar refractivity (Wildman–Crippen MR) is 70.4 cm³/mol. The SMILES string of the molecule is Cc1nc(NCC(C)S(C)=O)cc2n[nH]c(=O)n12. The van der Waals surface area contributed by atoms with Crippen molar-refractivity contribution in [3.8, 4) is 0 Å². The highest BCUT2D eigenvalue weighted by Gasteiger charge is 2.09. The summed E-state index contributed by atoms with van der Waals surface area (Å²) in [6.07, 6.45) is 1.67. The van der Waals surface area contributed by atoms with Gasteiger partial charge in [-0.3, -0.25) is 4.21 Å². The molecule has 0 aromatic carbocycles. The van der Waals surface area contributed by atoms with E-state index in [2.05, 4.69) is 20.5 Å². The number of H-pyrrole nitrogens is 1. The average Bonchev–Trinajstić information content (AvgIpc) is 2.68. The normalized spacial score (nSPS) is 14.6. The molecule has 0 aliphatic heterocycles. The van der Waals surface area contributed by atoms with Crippen molar-refractivity contribution in [3.63, 3.8) is 0 Å². The summed E-state index contributed by atoms with van der Waals surface area (Å²) in [5, 5.41) is 9.38. The molecule has 98 valence electrons. The number of nitrogens with one attached hydrogen (secondary N) is 2. The first-order valence-corrected chi connectivity index (χ1v) is 7.12. The summed E-state index contributed by atoms with van der Waals surface area (Å²) in [6, 6.07) is 1.68. The Hall–Kier alpha value is -1.70. The summed E-state index contributed by atoms with van der Waals surface area (Å²) < 4.78 is 12.6. The summed E-state index contributed by atoms with van der Waals surface area (Å²) in [4.78, 5) is 15.7. The summed E-state index contributed by atoms with van der Waals surface area (Å²) in [5.74, 6) is 1.18. The average molecular weight is 269 g/mol. The van der Waals surface area contributed by atoms with Gasteiger partial charge in [0.2, 0.25) is 0 Å². The van der Waals surface area contributed by atoms with Crippen LogP contribution in [-0.2, 0) is 10.8 Å². The predicted octanol–water partition coefficient (Wildman–Crippen LogP) is -0.0951. The lowest BCUT2D eigenvalue weighted by Gasteiger charge is -2.11. The lowest BCUT2D eigenvalue weighted by atomic mass is 10.4. The van der Waals surface area contributed by atoms with Crippen LogP contribution in [0.2, 0.25) is 0 Å². The Morgan fingerprint density at radius 3 is 3.00 bits per heavy atom. The van der Waals surface area contributed by atoms with Gasteiger partial charge in [0.1, 0.15) is 11.6 Å². The molecule has 0 radical (unpaired) electrons. The smallest absolute Gasteiger partial charge is 0.349 e. The zero-order valence-corrected chi connectivity index (χ0v) is 11.2. The Bertz CT molecular complexity index is 647. The second-order valence-corrected chi connectivity index (χ2v) is 5.90. The monoisotopic (exact) mass is 269 g/mol. The Morgan fingerprint density at radius 1 is 1.61 bits per heavy atom. The van der Waals surface area contributed by atoms with Gasteiger partial charge in [-0.05, 0) is 13.8 Å². The third kappa shape index (κ3) is 2.42. The first-order valence-electron chi connectivity index (χ1n) is 5.50. The molecule has 0 spiro atoms. The lowest BCUT2D eigenvalue weighted by molar-refractivity contribution is 0.678. The maximum absolute atomic E-state index is 11.4. The molecule has 8 heteroatoms. The molecule has 0 aliphatic carbocycles. The molecule has 0 saturated carbocycles. The van der Waals surface area contributed by atoms with Crippen LogP contribution in [0.5, 0.6) is 0 Å². The van der Waals surface area contributed by atoms with Crippen LogP contribution in [-0.4, -0.2) is 41.8 Å². The largest absolute Gasteiger partial charge is 0.369 e. The fraction of sp³-hybridized carbons (Fsp3) is 0.500. The Labute approximate surface area is 106 Å². The fourth-order valence-corrected chi connectivity index (χ4v) is 1.87. The van der Waals surface area contributed by atoms with Gasteiger partial charge in [0, 0.05) is 34.9 Å².